The summed E-state index contributed by atoms with van der Waals surface area (Å²) in [6, 6.07) is 7.37. The van der Waals surface area contributed by atoms with E-state index in [2.05, 4.69) is 4.74 Å². The molecule has 0 fully saturated rings. The molecule has 0 aliphatic carbocycles. The molecular weight excluding hydrogens is 242 g/mol. The van der Waals surface area contributed by atoms with Crippen molar-refractivity contribution in [2.75, 3.05) is 14.2 Å². The van der Waals surface area contributed by atoms with E-state index in [0.717, 1.165) is 11.3 Å². The molecule has 96 valence electrons. The summed E-state index contributed by atoms with van der Waals surface area (Å²) in [7, 11) is 2.99. The zero-order valence-corrected chi connectivity index (χ0v) is 10.8. The fraction of sp³-hybridized carbons (Fsp3) is 0.417. The van der Waals surface area contributed by atoms with E-state index in [-0.39, 0.29) is 24.4 Å². The molecule has 0 amide bonds. The first-order chi connectivity index (χ1) is 7.67. The number of carbonyl (C=O) groups excluding carboxylic acids is 1. The molecule has 0 saturated heterocycles. The normalized spacial score (nSPS) is 11.2. The lowest BCUT2D eigenvalue weighted by Crippen LogP contribution is -2.12. The summed E-state index contributed by atoms with van der Waals surface area (Å²) in [6.07, 6.45) is 0.919. The molecule has 0 aliphatic rings. The van der Waals surface area contributed by atoms with E-state index in [1.165, 1.54) is 7.11 Å². The number of esters is 1. The minimum atomic E-state index is -0.232. The highest BCUT2D eigenvalue weighted by Crippen LogP contribution is 2.19. The van der Waals surface area contributed by atoms with Crippen LogP contribution in [0.15, 0.2) is 24.3 Å². The van der Waals surface area contributed by atoms with Crippen molar-refractivity contribution in [1.82, 2.24) is 0 Å². The van der Waals surface area contributed by atoms with Crippen molar-refractivity contribution in [3.8, 4) is 5.75 Å². The van der Waals surface area contributed by atoms with Gasteiger partial charge in [0.05, 0.1) is 14.2 Å². The highest BCUT2D eigenvalue weighted by molar-refractivity contribution is 5.85. The third kappa shape index (κ3) is 5.06. The molecule has 0 spiro atoms. The Balaban J connectivity index is 0.00000256. The number of methoxy groups -OCH3 is 2. The van der Waals surface area contributed by atoms with E-state index in [0.29, 0.717) is 12.8 Å². The lowest BCUT2D eigenvalue weighted by atomic mass is 10.0. The van der Waals surface area contributed by atoms with Crippen LogP contribution in [0.2, 0.25) is 0 Å². The van der Waals surface area contributed by atoms with Gasteiger partial charge in [0.15, 0.2) is 0 Å². The Bertz CT molecular complexity index is 340. The molecule has 0 heterocycles. The molecular formula is C12H18ClNO3. The van der Waals surface area contributed by atoms with Gasteiger partial charge in [-0.3, -0.25) is 4.79 Å². The Labute approximate surface area is 108 Å². The quantitative estimate of drug-likeness (QED) is 0.823. The molecule has 0 bridgehead atoms. The zero-order valence-electron chi connectivity index (χ0n) is 10.0. The van der Waals surface area contributed by atoms with Gasteiger partial charge in [-0.25, -0.2) is 0 Å². The first-order valence-corrected chi connectivity index (χ1v) is 5.13. The fourth-order valence-electron chi connectivity index (χ4n) is 1.39. The number of nitrogens with two attached hydrogens (primary N) is 1. The molecule has 1 aromatic carbocycles. The van der Waals surface area contributed by atoms with Crippen molar-refractivity contribution in [2.45, 2.75) is 18.9 Å². The Morgan fingerprint density at radius 1 is 1.29 bits per heavy atom. The van der Waals surface area contributed by atoms with Gasteiger partial charge in [0.1, 0.15) is 5.75 Å². The van der Waals surface area contributed by atoms with Crippen molar-refractivity contribution in [1.29, 1.82) is 0 Å². The molecule has 0 saturated carbocycles. The summed E-state index contributed by atoms with van der Waals surface area (Å²) >= 11 is 0. The maximum absolute atomic E-state index is 11.0. The van der Waals surface area contributed by atoms with E-state index in [4.69, 9.17) is 10.5 Å². The van der Waals surface area contributed by atoms with Crippen LogP contribution >= 0.6 is 12.4 Å². The highest BCUT2D eigenvalue weighted by Gasteiger charge is 2.09. The Morgan fingerprint density at radius 3 is 2.35 bits per heavy atom. The van der Waals surface area contributed by atoms with E-state index < -0.39 is 0 Å². The van der Waals surface area contributed by atoms with Gasteiger partial charge in [-0.2, -0.15) is 0 Å². The monoisotopic (exact) mass is 259 g/mol. The number of hydrogen-bond acceptors (Lipinski definition) is 4. The number of ether oxygens (including phenoxy) is 2. The minimum Gasteiger partial charge on any atom is -0.497 e. The number of rotatable bonds is 5. The van der Waals surface area contributed by atoms with Gasteiger partial charge in [0.2, 0.25) is 0 Å². The van der Waals surface area contributed by atoms with Gasteiger partial charge in [-0.05, 0) is 24.1 Å². The molecule has 2 N–H and O–H groups in total. The average Bonchev–Trinajstić information content (AvgIpc) is 2.35. The van der Waals surface area contributed by atoms with Crippen LogP contribution in [0.1, 0.15) is 24.4 Å². The smallest absolute Gasteiger partial charge is 0.305 e. The van der Waals surface area contributed by atoms with Crippen molar-refractivity contribution >= 4 is 18.4 Å². The Kier molecular flexibility index (Phi) is 7.34. The molecule has 0 radical (unpaired) electrons. The fourth-order valence-corrected chi connectivity index (χ4v) is 1.39. The average molecular weight is 260 g/mol. The van der Waals surface area contributed by atoms with E-state index in [1.54, 1.807) is 7.11 Å². The maximum Gasteiger partial charge on any atom is 0.305 e. The topological polar surface area (TPSA) is 61.5 Å². The predicted octanol–water partition coefficient (Wildman–Crippen LogP) is 2.07. The van der Waals surface area contributed by atoms with Crippen LogP contribution in [-0.4, -0.2) is 20.2 Å². The Hall–Kier alpha value is -1.26. The summed E-state index contributed by atoms with van der Waals surface area (Å²) in [4.78, 5) is 11.0. The largest absolute Gasteiger partial charge is 0.497 e. The van der Waals surface area contributed by atoms with Gasteiger partial charge in [-0.1, -0.05) is 12.1 Å². The van der Waals surface area contributed by atoms with E-state index >= 15 is 0 Å². The molecule has 1 unspecified atom stereocenters. The molecule has 5 heteroatoms. The first kappa shape index (κ1) is 15.7. The molecule has 1 rings (SSSR count). The van der Waals surface area contributed by atoms with Gasteiger partial charge in [0, 0.05) is 12.5 Å². The van der Waals surface area contributed by atoms with Crippen LogP contribution < -0.4 is 10.5 Å². The molecule has 4 nitrogen and oxygen atoms in total. The van der Waals surface area contributed by atoms with Crippen molar-refractivity contribution in [3.05, 3.63) is 29.8 Å². The van der Waals surface area contributed by atoms with E-state index in [1.807, 2.05) is 24.3 Å². The molecule has 0 aliphatic heterocycles. The second-order valence-electron chi connectivity index (χ2n) is 3.49. The summed E-state index contributed by atoms with van der Waals surface area (Å²) in [5.74, 6) is 0.563. The van der Waals surface area contributed by atoms with Gasteiger partial charge in [0.25, 0.3) is 0 Å². The summed E-state index contributed by atoms with van der Waals surface area (Å²) in [5.41, 5.74) is 6.93. The number of benzene rings is 1. The van der Waals surface area contributed by atoms with E-state index in [9.17, 15) is 4.79 Å². The van der Waals surface area contributed by atoms with Crippen LogP contribution in [-0.2, 0) is 9.53 Å². The minimum absolute atomic E-state index is 0. The third-order valence-corrected chi connectivity index (χ3v) is 2.43. The van der Waals surface area contributed by atoms with Gasteiger partial charge < -0.3 is 15.2 Å². The third-order valence-electron chi connectivity index (χ3n) is 2.43. The second-order valence-corrected chi connectivity index (χ2v) is 3.49. The van der Waals surface area contributed by atoms with Gasteiger partial charge in [-0.15, -0.1) is 12.4 Å². The van der Waals surface area contributed by atoms with Crippen LogP contribution in [0.5, 0.6) is 5.75 Å². The SMILES string of the molecule is COC(=O)CCC(N)c1ccc(OC)cc1.Cl. The summed E-state index contributed by atoms with van der Waals surface area (Å²) in [5, 5.41) is 0. The van der Waals surface area contributed by atoms with Crippen LogP contribution in [0.4, 0.5) is 0 Å². The predicted molar refractivity (Wildman–Crippen MR) is 68.4 cm³/mol. The number of halogens is 1. The molecule has 0 aromatic heterocycles. The lowest BCUT2D eigenvalue weighted by Gasteiger charge is -2.11. The zero-order chi connectivity index (χ0) is 12.0. The van der Waals surface area contributed by atoms with Crippen LogP contribution in [0.3, 0.4) is 0 Å². The Morgan fingerprint density at radius 2 is 1.88 bits per heavy atom. The van der Waals surface area contributed by atoms with Crippen molar-refractivity contribution < 1.29 is 14.3 Å². The molecule has 1 aromatic rings. The highest BCUT2D eigenvalue weighted by atomic mass is 35.5. The second kappa shape index (κ2) is 7.92. The standard InChI is InChI=1S/C12H17NO3.ClH/c1-15-10-5-3-9(4-6-10)11(13)7-8-12(14)16-2;/h3-6,11H,7-8,13H2,1-2H3;1H. The summed E-state index contributed by atoms with van der Waals surface area (Å²) in [6.45, 7) is 0. The molecule has 1 atom stereocenters. The summed E-state index contributed by atoms with van der Waals surface area (Å²) < 4.78 is 9.61. The number of hydrogen-bond donors (Lipinski definition) is 1. The van der Waals surface area contributed by atoms with Gasteiger partial charge >= 0.3 is 5.97 Å². The van der Waals surface area contributed by atoms with Crippen LogP contribution in [0.25, 0.3) is 0 Å². The number of carbonyl (C=O) groups is 1. The lowest BCUT2D eigenvalue weighted by molar-refractivity contribution is -0.140. The molecule has 17 heavy (non-hydrogen) atoms. The van der Waals surface area contributed by atoms with Crippen molar-refractivity contribution in [3.63, 3.8) is 0 Å². The first-order valence-electron chi connectivity index (χ1n) is 5.13. The van der Waals surface area contributed by atoms with Crippen molar-refractivity contribution in [2.24, 2.45) is 5.73 Å². The van der Waals surface area contributed by atoms with Crippen LogP contribution in [0, 0.1) is 0 Å². The maximum atomic E-state index is 11.0.